The Morgan fingerprint density at radius 1 is 1.47 bits per heavy atom. The van der Waals surface area contributed by atoms with Gasteiger partial charge in [-0.05, 0) is 24.6 Å². The number of carbonyl (C=O) groups is 1. The van der Waals surface area contributed by atoms with Crippen molar-refractivity contribution in [1.29, 1.82) is 0 Å². The van der Waals surface area contributed by atoms with Gasteiger partial charge in [-0.15, -0.1) is 0 Å². The Morgan fingerprint density at radius 2 is 2.27 bits per heavy atom. The highest BCUT2D eigenvalue weighted by molar-refractivity contribution is 5.89. The number of aryl methyl sites for hydroxylation is 1. The summed E-state index contributed by atoms with van der Waals surface area (Å²) in [7, 11) is 0. The van der Waals surface area contributed by atoms with E-state index in [0.29, 0.717) is 0 Å². The topological polar surface area (TPSA) is 63.3 Å². The first-order valence-electron chi connectivity index (χ1n) is 4.43. The van der Waals surface area contributed by atoms with Crippen molar-refractivity contribution >= 4 is 5.97 Å². The number of rotatable bonds is 2. The lowest BCUT2D eigenvalue weighted by Gasteiger charge is -1.99. The van der Waals surface area contributed by atoms with Gasteiger partial charge in [-0.2, -0.15) is 0 Å². The summed E-state index contributed by atoms with van der Waals surface area (Å²) in [5.74, 6) is -0.939. The predicted octanol–water partition coefficient (Wildman–Crippen LogP) is 2.35. The van der Waals surface area contributed by atoms with Crippen LogP contribution in [0.2, 0.25) is 0 Å². The minimum absolute atomic E-state index is 0.258. The molecule has 0 spiro atoms. The lowest BCUT2D eigenvalue weighted by molar-refractivity contribution is 0.0697. The molecule has 0 atom stereocenters. The highest BCUT2D eigenvalue weighted by Gasteiger charge is 2.08. The Balaban J connectivity index is 2.50. The molecule has 0 saturated carbocycles. The normalized spacial score (nSPS) is 10.2. The van der Waals surface area contributed by atoms with E-state index in [1.807, 2.05) is 13.0 Å². The smallest absolute Gasteiger partial charge is 0.335 e. The van der Waals surface area contributed by atoms with Crippen molar-refractivity contribution in [3.05, 3.63) is 41.8 Å². The van der Waals surface area contributed by atoms with E-state index in [4.69, 9.17) is 9.63 Å². The van der Waals surface area contributed by atoms with Gasteiger partial charge in [0, 0.05) is 5.56 Å². The molecule has 4 heteroatoms. The lowest BCUT2D eigenvalue weighted by Crippen LogP contribution is -1.95. The SMILES string of the molecule is Cc1nocc1-c1cccc(C(=O)O)c1. The molecule has 0 aliphatic heterocycles. The number of aromatic carboxylic acids is 1. The fourth-order valence-corrected chi connectivity index (χ4v) is 1.39. The second kappa shape index (κ2) is 3.57. The molecule has 1 heterocycles. The largest absolute Gasteiger partial charge is 0.478 e. The summed E-state index contributed by atoms with van der Waals surface area (Å²) < 4.78 is 4.80. The molecular weight excluding hydrogens is 194 g/mol. The Morgan fingerprint density at radius 3 is 2.87 bits per heavy atom. The molecule has 0 saturated heterocycles. The molecule has 1 aromatic heterocycles. The van der Waals surface area contributed by atoms with Crippen LogP contribution in [0.25, 0.3) is 11.1 Å². The number of carboxylic acids is 1. The van der Waals surface area contributed by atoms with Gasteiger partial charge in [-0.25, -0.2) is 4.79 Å². The molecule has 0 amide bonds. The molecule has 76 valence electrons. The molecule has 0 bridgehead atoms. The van der Waals surface area contributed by atoms with Gasteiger partial charge >= 0.3 is 5.97 Å². The van der Waals surface area contributed by atoms with Gasteiger partial charge in [0.05, 0.1) is 11.3 Å². The quantitative estimate of drug-likeness (QED) is 0.813. The van der Waals surface area contributed by atoms with E-state index < -0.39 is 5.97 Å². The van der Waals surface area contributed by atoms with Crippen molar-refractivity contribution in [3.8, 4) is 11.1 Å². The second-order valence-electron chi connectivity index (χ2n) is 3.20. The molecule has 4 nitrogen and oxygen atoms in total. The summed E-state index contributed by atoms with van der Waals surface area (Å²) in [5.41, 5.74) is 2.62. The summed E-state index contributed by atoms with van der Waals surface area (Å²) in [6.45, 7) is 1.81. The van der Waals surface area contributed by atoms with E-state index in [2.05, 4.69) is 5.16 Å². The molecule has 0 aliphatic rings. The standard InChI is InChI=1S/C11H9NO3/c1-7-10(6-15-12-7)8-3-2-4-9(5-8)11(13)14/h2-6H,1H3,(H,13,14). The van der Waals surface area contributed by atoms with Crippen LogP contribution in [0.1, 0.15) is 16.1 Å². The Labute approximate surface area is 86.1 Å². The van der Waals surface area contributed by atoms with Crippen molar-refractivity contribution in [2.75, 3.05) is 0 Å². The molecule has 2 aromatic rings. The van der Waals surface area contributed by atoms with E-state index >= 15 is 0 Å². The van der Waals surface area contributed by atoms with E-state index in [9.17, 15) is 4.79 Å². The number of carboxylic acid groups (broad SMARTS) is 1. The lowest BCUT2D eigenvalue weighted by atomic mass is 10.0. The summed E-state index contributed by atoms with van der Waals surface area (Å²) >= 11 is 0. The monoisotopic (exact) mass is 203 g/mol. The first kappa shape index (κ1) is 9.45. The van der Waals surface area contributed by atoms with E-state index in [0.717, 1.165) is 16.8 Å². The van der Waals surface area contributed by atoms with E-state index in [1.165, 1.54) is 6.26 Å². The Bertz CT molecular complexity index is 502. The van der Waals surface area contributed by atoms with E-state index in [1.54, 1.807) is 18.2 Å². The zero-order valence-corrected chi connectivity index (χ0v) is 8.10. The first-order chi connectivity index (χ1) is 7.18. The number of benzene rings is 1. The zero-order chi connectivity index (χ0) is 10.8. The van der Waals surface area contributed by atoms with Gasteiger partial charge in [-0.3, -0.25) is 0 Å². The van der Waals surface area contributed by atoms with Gasteiger partial charge in [0.2, 0.25) is 0 Å². The van der Waals surface area contributed by atoms with Gasteiger partial charge < -0.3 is 9.63 Å². The van der Waals surface area contributed by atoms with Crippen molar-refractivity contribution in [3.63, 3.8) is 0 Å². The molecule has 0 fully saturated rings. The summed E-state index contributed by atoms with van der Waals surface area (Å²) in [6, 6.07) is 6.67. The van der Waals surface area contributed by atoms with Crippen LogP contribution in [0.3, 0.4) is 0 Å². The van der Waals surface area contributed by atoms with Crippen molar-refractivity contribution in [2.24, 2.45) is 0 Å². The van der Waals surface area contributed by atoms with Crippen LogP contribution in [-0.2, 0) is 0 Å². The van der Waals surface area contributed by atoms with Gasteiger partial charge in [0.25, 0.3) is 0 Å². The molecule has 2 rings (SSSR count). The number of hydrogen-bond donors (Lipinski definition) is 1. The average Bonchev–Trinajstić information content (AvgIpc) is 2.64. The molecule has 0 radical (unpaired) electrons. The molecule has 1 N–H and O–H groups in total. The third kappa shape index (κ3) is 1.74. The fourth-order valence-electron chi connectivity index (χ4n) is 1.39. The third-order valence-corrected chi connectivity index (χ3v) is 2.17. The second-order valence-corrected chi connectivity index (χ2v) is 3.20. The van der Waals surface area contributed by atoms with Gasteiger partial charge in [0.15, 0.2) is 0 Å². The van der Waals surface area contributed by atoms with Crippen LogP contribution < -0.4 is 0 Å². The van der Waals surface area contributed by atoms with Crippen LogP contribution in [0.4, 0.5) is 0 Å². The molecule has 0 unspecified atom stereocenters. The van der Waals surface area contributed by atoms with Crippen LogP contribution in [0, 0.1) is 6.92 Å². The number of aromatic nitrogens is 1. The first-order valence-corrected chi connectivity index (χ1v) is 4.43. The zero-order valence-electron chi connectivity index (χ0n) is 8.10. The minimum Gasteiger partial charge on any atom is -0.478 e. The molecule has 1 aromatic carbocycles. The maximum atomic E-state index is 10.8. The Hall–Kier alpha value is -2.10. The number of hydrogen-bond acceptors (Lipinski definition) is 3. The fraction of sp³-hybridized carbons (Fsp3) is 0.0909. The van der Waals surface area contributed by atoms with Crippen LogP contribution in [-0.4, -0.2) is 16.2 Å². The van der Waals surface area contributed by atoms with Crippen LogP contribution >= 0.6 is 0 Å². The van der Waals surface area contributed by atoms with Crippen molar-refractivity contribution < 1.29 is 14.4 Å². The highest BCUT2D eigenvalue weighted by atomic mass is 16.5. The molecule has 0 aliphatic carbocycles. The summed E-state index contributed by atoms with van der Waals surface area (Å²) in [5, 5.41) is 12.6. The average molecular weight is 203 g/mol. The minimum atomic E-state index is -0.939. The third-order valence-electron chi connectivity index (χ3n) is 2.17. The van der Waals surface area contributed by atoms with Gasteiger partial charge in [0.1, 0.15) is 6.26 Å². The van der Waals surface area contributed by atoms with Crippen molar-refractivity contribution in [2.45, 2.75) is 6.92 Å². The van der Waals surface area contributed by atoms with Crippen LogP contribution in [0.15, 0.2) is 35.1 Å². The van der Waals surface area contributed by atoms with Crippen LogP contribution in [0.5, 0.6) is 0 Å². The number of nitrogens with zero attached hydrogens (tertiary/aromatic N) is 1. The predicted molar refractivity (Wildman–Crippen MR) is 53.6 cm³/mol. The summed E-state index contributed by atoms with van der Waals surface area (Å²) in [6.07, 6.45) is 1.51. The Kier molecular flexibility index (Phi) is 2.25. The highest BCUT2D eigenvalue weighted by Crippen LogP contribution is 2.23. The van der Waals surface area contributed by atoms with E-state index in [-0.39, 0.29) is 5.56 Å². The maximum absolute atomic E-state index is 10.8. The summed E-state index contributed by atoms with van der Waals surface area (Å²) in [4.78, 5) is 10.8. The molecule has 15 heavy (non-hydrogen) atoms. The maximum Gasteiger partial charge on any atom is 0.335 e. The van der Waals surface area contributed by atoms with Gasteiger partial charge in [-0.1, -0.05) is 17.3 Å². The molecular formula is C11H9NO3. The van der Waals surface area contributed by atoms with Crippen molar-refractivity contribution in [1.82, 2.24) is 5.16 Å².